The molecule has 92 valence electrons. The molecule has 2 aromatic carbocycles. The first-order valence-corrected chi connectivity index (χ1v) is 6.53. The monoisotopic (exact) mass is 238 g/mol. The van der Waals surface area contributed by atoms with E-state index in [1.54, 1.807) is 0 Å². The molecule has 0 amide bonds. The number of fused-ring (bicyclic) bond motifs is 3. The molecule has 3 rings (SSSR count). The number of hydrogen-bond acceptors (Lipinski definition) is 1. The molecule has 0 aliphatic heterocycles. The molecule has 2 aromatic rings. The lowest BCUT2D eigenvalue weighted by Crippen LogP contribution is -2.25. The van der Waals surface area contributed by atoms with Gasteiger partial charge in [-0.3, -0.25) is 4.79 Å². The Bertz CT molecular complexity index is 632. The van der Waals surface area contributed by atoms with Gasteiger partial charge in [0, 0.05) is 11.5 Å². The van der Waals surface area contributed by atoms with E-state index in [2.05, 4.69) is 45.0 Å². The van der Waals surface area contributed by atoms with Gasteiger partial charge in [0.2, 0.25) is 0 Å². The Labute approximate surface area is 108 Å². The molecule has 1 heteroatoms. The molecule has 0 N–H and O–H groups in total. The van der Waals surface area contributed by atoms with E-state index >= 15 is 0 Å². The highest BCUT2D eigenvalue weighted by molar-refractivity contribution is 6.12. The van der Waals surface area contributed by atoms with Gasteiger partial charge in [0.1, 0.15) is 0 Å². The van der Waals surface area contributed by atoms with Crippen LogP contribution in [0.1, 0.15) is 36.7 Å². The first-order chi connectivity index (χ1) is 8.48. The van der Waals surface area contributed by atoms with Crippen molar-refractivity contribution < 1.29 is 4.79 Å². The third-order valence-electron chi connectivity index (χ3n) is 4.05. The second-order valence-electron chi connectivity index (χ2n) is 6.31. The molecule has 1 nitrogen and oxygen atoms in total. The van der Waals surface area contributed by atoms with Crippen LogP contribution in [-0.2, 0) is 6.42 Å². The van der Waals surface area contributed by atoms with Crippen LogP contribution in [0.5, 0.6) is 0 Å². The summed E-state index contributed by atoms with van der Waals surface area (Å²) >= 11 is 0. The molecule has 0 heterocycles. The quantitative estimate of drug-likeness (QED) is 0.671. The molecule has 0 saturated heterocycles. The number of hydrogen-bond donors (Lipinski definition) is 0. The van der Waals surface area contributed by atoms with Gasteiger partial charge in [0.05, 0.1) is 0 Å². The van der Waals surface area contributed by atoms with Crippen LogP contribution >= 0.6 is 0 Å². The zero-order valence-electron chi connectivity index (χ0n) is 11.2. The van der Waals surface area contributed by atoms with E-state index in [0.717, 1.165) is 17.4 Å². The van der Waals surface area contributed by atoms with Gasteiger partial charge in [-0.15, -0.1) is 0 Å². The summed E-state index contributed by atoms with van der Waals surface area (Å²) in [6.07, 6.45) is 0.891. The van der Waals surface area contributed by atoms with Crippen LogP contribution in [0.3, 0.4) is 0 Å². The van der Waals surface area contributed by atoms with Crippen LogP contribution < -0.4 is 0 Å². The Morgan fingerprint density at radius 1 is 1.06 bits per heavy atom. The number of ketones is 1. The zero-order chi connectivity index (χ0) is 12.9. The third-order valence-corrected chi connectivity index (χ3v) is 4.05. The average Bonchev–Trinajstić information content (AvgIpc) is 2.67. The largest absolute Gasteiger partial charge is 0.294 e. The molecule has 1 atom stereocenters. The summed E-state index contributed by atoms with van der Waals surface area (Å²) in [4.78, 5) is 12.7. The summed E-state index contributed by atoms with van der Waals surface area (Å²) in [6.45, 7) is 6.47. The second kappa shape index (κ2) is 3.68. The van der Waals surface area contributed by atoms with Gasteiger partial charge >= 0.3 is 0 Å². The van der Waals surface area contributed by atoms with E-state index in [1.807, 2.05) is 12.1 Å². The standard InChI is InChI=1S/C17H18O/c1-17(2,3)14-10-12-9-8-11-6-4-5-7-13(11)15(12)16(14)18/h4-9,14H,10H2,1-3H3. The zero-order valence-corrected chi connectivity index (χ0v) is 11.2. The molecule has 0 radical (unpaired) electrons. The summed E-state index contributed by atoms with van der Waals surface area (Å²) in [7, 11) is 0. The minimum absolute atomic E-state index is 0.0389. The lowest BCUT2D eigenvalue weighted by molar-refractivity contribution is 0.0845. The number of benzene rings is 2. The Kier molecular flexibility index (Phi) is 2.34. The van der Waals surface area contributed by atoms with Crippen molar-refractivity contribution in [2.45, 2.75) is 27.2 Å². The molecule has 0 aromatic heterocycles. The molecule has 0 fully saturated rings. The van der Waals surface area contributed by atoms with E-state index < -0.39 is 0 Å². The van der Waals surface area contributed by atoms with Crippen molar-refractivity contribution in [3.63, 3.8) is 0 Å². The molecule has 18 heavy (non-hydrogen) atoms. The van der Waals surface area contributed by atoms with Crippen LogP contribution in [0, 0.1) is 11.3 Å². The number of carbonyl (C=O) groups is 1. The maximum Gasteiger partial charge on any atom is 0.167 e. The van der Waals surface area contributed by atoms with Gasteiger partial charge in [-0.05, 0) is 28.2 Å². The summed E-state index contributed by atoms with van der Waals surface area (Å²) in [5.41, 5.74) is 2.23. The van der Waals surface area contributed by atoms with E-state index in [1.165, 1.54) is 10.9 Å². The molecule has 1 aliphatic carbocycles. The molecule has 0 bridgehead atoms. The van der Waals surface area contributed by atoms with Gasteiger partial charge in [-0.25, -0.2) is 0 Å². The van der Waals surface area contributed by atoms with Crippen LogP contribution in [0.4, 0.5) is 0 Å². The van der Waals surface area contributed by atoms with Crippen molar-refractivity contribution in [2.75, 3.05) is 0 Å². The highest BCUT2D eigenvalue weighted by Crippen LogP contribution is 2.40. The number of carbonyl (C=O) groups excluding carboxylic acids is 1. The SMILES string of the molecule is CC(C)(C)C1Cc2ccc3ccccc3c2C1=O. The van der Waals surface area contributed by atoms with Crippen molar-refractivity contribution in [1.29, 1.82) is 0 Å². The summed E-state index contributed by atoms with van der Waals surface area (Å²) in [5, 5.41) is 2.28. The minimum atomic E-state index is 0.0389. The molecule has 1 unspecified atom stereocenters. The lowest BCUT2D eigenvalue weighted by atomic mass is 9.78. The molecule has 1 aliphatic rings. The molecular weight excluding hydrogens is 220 g/mol. The van der Waals surface area contributed by atoms with Crippen molar-refractivity contribution in [2.24, 2.45) is 11.3 Å². The van der Waals surface area contributed by atoms with Gasteiger partial charge in [-0.2, -0.15) is 0 Å². The fourth-order valence-corrected chi connectivity index (χ4v) is 2.96. The lowest BCUT2D eigenvalue weighted by Gasteiger charge is -2.25. The maximum absolute atomic E-state index is 12.7. The Hall–Kier alpha value is -1.63. The number of Topliss-reactive ketones (excluding diaryl/α,β-unsaturated/α-hetero) is 1. The summed E-state index contributed by atoms with van der Waals surface area (Å²) in [6, 6.07) is 12.4. The van der Waals surface area contributed by atoms with Crippen LogP contribution in [0.25, 0.3) is 10.8 Å². The van der Waals surface area contributed by atoms with Gasteiger partial charge in [0.15, 0.2) is 5.78 Å². The van der Waals surface area contributed by atoms with Crippen molar-refractivity contribution in [3.05, 3.63) is 47.5 Å². The van der Waals surface area contributed by atoms with Crippen molar-refractivity contribution in [3.8, 4) is 0 Å². The van der Waals surface area contributed by atoms with E-state index in [9.17, 15) is 4.79 Å². The van der Waals surface area contributed by atoms with Gasteiger partial charge in [0.25, 0.3) is 0 Å². The fraction of sp³-hybridized carbons (Fsp3) is 0.353. The molecule has 0 saturated carbocycles. The summed E-state index contributed by atoms with van der Waals surface area (Å²) in [5.74, 6) is 0.451. The average molecular weight is 238 g/mol. The topological polar surface area (TPSA) is 17.1 Å². The smallest absolute Gasteiger partial charge is 0.167 e. The van der Waals surface area contributed by atoms with E-state index in [-0.39, 0.29) is 11.3 Å². The Balaban J connectivity index is 2.22. The predicted octanol–water partition coefficient (Wildman–Crippen LogP) is 4.24. The van der Waals surface area contributed by atoms with Gasteiger partial charge < -0.3 is 0 Å². The van der Waals surface area contributed by atoms with Crippen LogP contribution in [-0.4, -0.2) is 5.78 Å². The molecular formula is C17H18O. The maximum atomic E-state index is 12.7. The van der Waals surface area contributed by atoms with Crippen LogP contribution in [0.15, 0.2) is 36.4 Å². The van der Waals surface area contributed by atoms with Crippen molar-refractivity contribution >= 4 is 16.6 Å². The first-order valence-electron chi connectivity index (χ1n) is 6.53. The molecule has 0 spiro atoms. The Morgan fingerprint density at radius 3 is 2.50 bits per heavy atom. The predicted molar refractivity (Wildman–Crippen MR) is 74.9 cm³/mol. The highest BCUT2D eigenvalue weighted by atomic mass is 16.1. The highest BCUT2D eigenvalue weighted by Gasteiger charge is 2.39. The summed E-state index contributed by atoms with van der Waals surface area (Å²) < 4.78 is 0. The van der Waals surface area contributed by atoms with Crippen molar-refractivity contribution in [1.82, 2.24) is 0 Å². The second-order valence-corrected chi connectivity index (χ2v) is 6.31. The van der Waals surface area contributed by atoms with Gasteiger partial charge in [-0.1, -0.05) is 57.2 Å². The third kappa shape index (κ3) is 1.58. The minimum Gasteiger partial charge on any atom is -0.294 e. The van der Waals surface area contributed by atoms with Crippen LogP contribution in [0.2, 0.25) is 0 Å². The number of rotatable bonds is 0. The Morgan fingerprint density at radius 2 is 1.78 bits per heavy atom. The fourth-order valence-electron chi connectivity index (χ4n) is 2.96. The first kappa shape index (κ1) is 11.5. The normalized spacial score (nSPS) is 19.3. The van der Waals surface area contributed by atoms with E-state index in [0.29, 0.717) is 5.78 Å². The van der Waals surface area contributed by atoms with E-state index in [4.69, 9.17) is 0 Å².